The van der Waals surface area contributed by atoms with Gasteiger partial charge in [0, 0.05) is 12.6 Å². The van der Waals surface area contributed by atoms with E-state index in [1.54, 1.807) is 6.07 Å². The normalized spacial score (nSPS) is 10.9. The summed E-state index contributed by atoms with van der Waals surface area (Å²) in [5.74, 6) is 0.898. The lowest BCUT2D eigenvalue weighted by Crippen LogP contribution is -1.93. The number of fused-ring (bicyclic) bond motifs is 1. The lowest BCUT2D eigenvalue weighted by molar-refractivity contribution is 0.942. The number of aromatic nitrogens is 3. The van der Waals surface area contributed by atoms with Crippen molar-refractivity contribution in [2.24, 2.45) is 7.05 Å². The van der Waals surface area contributed by atoms with Gasteiger partial charge in [0.1, 0.15) is 16.5 Å². The van der Waals surface area contributed by atoms with Gasteiger partial charge in [-0.25, -0.2) is 9.97 Å². The van der Waals surface area contributed by atoms with Crippen LogP contribution in [0.4, 0.5) is 0 Å². The predicted octanol–water partition coefficient (Wildman–Crippen LogP) is 3.29. The minimum absolute atomic E-state index is 0.486. The number of hydrogen-bond donors (Lipinski definition) is 0. The molecule has 17 heavy (non-hydrogen) atoms. The maximum atomic E-state index is 5.89. The van der Waals surface area contributed by atoms with Gasteiger partial charge in [-0.1, -0.05) is 41.9 Å². The van der Waals surface area contributed by atoms with Crippen LogP contribution in [-0.4, -0.2) is 14.5 Å². The summed E-state index contributed by atoms with van der Waals surface area (Å²) in [6, 6.07) is 13.7. The number of nitrogens with zero attached hydrogens (tertiary/aromatic N) is 3. The first-order valence-electron chi connectivity index (χ1n) is 5.30. The molecule has 0 saturated carbocycles. The Hall–Kier alpha value is -1.87. The molecule has 3 rings (SSSR count). The summed E-state index contributed by atoms with van der Waals surface area (Å²) in [4.78, 5) is 8.85. The highest BCUT2D eigenvalue weighted by Crippen LogP contribution is 2.23. The molecule has 0 amide bonds. The number of imidazole rings is 1. The Balaban J connectivity index is 2.28. The fourth-order valence-electron chi connectivity index (χ4n) is 1.89. The number of rotatable bonds is 1. The van der Waals surface area contributed by atoms with Crippen LogP contribution in [0.25, 0.3) is 22.6 Å². The Kier molecular flexibility index (Phi) is 2.34. The molecule has 2 aromatic heterocycles. The zero-order valence-corrected chi connectivity index (χ0v) is 10.0. The maximum absolute atomic E-state index is 5.89. The number of benzene rings is 1. The van der Waals surface area contributed by atoms with Crippen molar-refractivity contribution in [3.05, 3.63) is 47.6 Å². The van der Waals surface area contributed by atoms with Crippen LogP contribution in [0.2, 0.25) is 5.15 Å². The first kappa shape index (κ1) is 10.3. The molecule has 3 nitrogen and oxygen atoms in total. The molecular formula is C13H10ClN3. The molecule has 84 valence electrons. The number of aryl methyl sites for hydroxylation is 1. The van der Waals surface area contributed by atoms with E-state index in [9.17, 15) is 0 Å². The molecule has 0 bridgehead atoms. The molecule has 2 heterocycles. The van der Waals surface area contributed by atoms with E-state index in [2.05, 4.69) is 9.97 Å². The molecule has 1 aromatic carbocycles. The van der Waals surface area contributed by atoms with Crippen LogP contribution in [0.5, 0.6) is 0 Å². The summed E-state index contributed by atoms with van der Waals surface area (Å²) < 4.78 is 1.95. The van der Waals surface area contributed by atoms with Gasteiger partial charge < -0.3 is 4.57 Å². The van der Waals surface area contributed by atoms with Crippen LogP contribution >= 0.6 is 11.6 Å². The van der Waals surface area contributed by atoms with E-state index >= 15 is 0 Å². The largest absolute Gasteiger partial charge is 0.312 e. The average Bonchev–Trinajstić information content (AvgIpc) is 2.68. The second-order valence-electron chi connectivity index (χ2n) is 3.84. The molecule has 4 heteroatoms. The second-order valence-corrected chi connectivity index (χ2v) is 4.22. The lowest BCUT2D eigenvalue weighted by Gasteiger charge is -2.01. The summed E-state index contributed by atoms with van der Waals surface area (Å²) in [6.07, 6.45) is 0. The Morgan fingerprint density at radius 1 is 1.00 bits per heavy atom. The quantitative estimate of drug-likeness (QED) is 0.614. The van der Waals surface area contributed by atoms with Crippen LogP contribution < -0.4 is 0 Å². The van der Waals surface area contributed by atoms with Gasteiger partial charge in [-0.15, -0.1) is 0 Å². The number of hydrogen-bond acceptors (Lipinski definition) is 2. The van der Waals surface area contributed by atoms with Crippen molar-refractivity contribution in [1.29, 1.82) is 0 Å². The molecule has 0 saturated heterocycles. The molecule has 0 fully saturated rings. The Morgan fingerprint density at radius 3 is 2.53 bits per heavy atom. The molecule has 3 aromatic rings. The van der Waals surface area contributed by atoms with Gasteiger partial charge in [-0.05, 0) is 12.1 Å². The topological polar surface area (TPSA) is 30.7 Å². The highest BCUT2D eigenvalue weighted by Gasteiger charge is 2.10. The highest BCUT2D eigenvalue weighted by atomic mass is 35.5. The van der Waals surface area contributed by atoms with Gasteiger partial charge in [0.15, 0.2) is 5.65 Å². The zero-order valence-electron chi connectivity index (χ0n) is 9.26. The third-order valence-electron chi connectivity index (χ3n) is 2.71. The third-order valence-corrected chi connectivity index (χ3v) is 2.92. The summed E-state index contributed by atoms with van der Waals surface area (Å²) >= 11 is 5.89. The van der Waals surface area contributed by atoms with E-state index in [4.69, 9.17) is 11.6 Å². The molecule has 0 radical (unpaired) electrons. The maximum Gasteiger partial charge on any atom is 0.161 e. The second kappa shape index (κ2) is 3.86. The van der Waals surface area contributed by atoms with E-state index in [1.807, 2.05) is 48.0 Å². The van der Waals surface area contributed by atoms with Crippen molar-refractivity contribution < 1.29 is 0 Å². The molecule has 0 aliphatic carbocycles. The molecule has 0 atom stereocenters. The van der Waals surface area contributed by atoms with E-state index in [0.29, 0.717) is 5.15 Å². The van der Waals surface area contributed by atoms with Crippen LogP contribution in [0.3, 0.4) is 0 Å². The highest BCUT2D eigenvalue weighted by molar-refractivity contribution is 6.29. The molecule has 0 aliphatic rings. The smallest absolute Gasteiger partial charge is 0.161 e. The molecular weight excluding hydrogens is 234 g/mol. The average molecular weight is 244 g/mol. The molecule has 0 N–H and O–H groups in total. The van der Waals surface area contributed by atoms with Gasteiger partial charge in [-0.3, -0.25) is 0 Å². The van der Waals surface area contributed by atoms with Crippen molar-refractivity contribution >= 4 is 22.8 Å². The van der Waals surface area contributed by atoms with Crippen LogP contribution in [0.15, 0.2) is 42.5 Å². The van der Waals surface area contributed by atoms with Crippen LogP contribution in [0.1, 0.15) is 0 Å². The van der Waals surface area contributed by atoms with Crippen molar-refractivity contribution in [2.45, 2.75) is 0 Å². The Bertz CT molecular complexity index is 674. The monoisotopic (exact) mass is 243 g/mol. The van der Waals surface area contributed by atoms with E-state index in [1.165, 1.54) is 0 Å². The van der Waals surface area contributed by atoms with Crippen LogP contribution in [-0.2, 0) is 7.05 Å². The standard InChI is InChI=1S/C13H10ClN3/c1-17-12(9-5-3-2-4-6-9)15-10-7-8-11(14)16-13(10)17/h2-8H,1H3. The summed E-state index contributed by atoms with van der Waals surface area (Å²) in [5.41, 5.74) is 2.73. The van der Waals surface area contributed by atoms with Gasteiger partial charge >= 0.3 is 0 Å². The van der Waals surface area contributed by atoms with Gasteiger partial charge in [0.2, 0.25) is 0 Å². The summed E-state index contributed by atoms with van der Waals surface area (Å²) in [7, 11) is 1.95. The van der Waals surface area contributed by atoms with E-state index < -0.39 is 0 Å². The first-order valence-corrected chi connectivity index (χ1v) is 5.68. The van der Waals surface area contributed by atoms with E-state index in [0.717, 1.165) is 22.6 Å². The third kappa shape index (κ3) is 1.68. The molecule has 0 aliphatic heterocycles. The minimum atomic E-state index is 0.486. The van der Waals surface area contributed by atoms with Crippen molar-refractivity contribution in [3.63, 3.8) is 0 Å². The Labute approximate surface area is 104 Å². The fourth-order valence-corrected chi connectivity index (χ4v) is 2.03. The number of halogens is 1. The predicted molar refractivity (Wildman–Crippen MR) is 69.0 cm³/mol. The lowest BCUT2D eigenvalue weighted by atomic mass is 10.2. The summed E-state index contributed by atoms with van der Waals surface area (Å²) in [5, 5.41) is 0.486. The fraction of sp³-hybridized carbons (Fsp3) is 0.0769. The first-order chi connectivity index (χ1) is 8.25. The molecule has 0 spiro atoms. The number of pyridine rings is 1. The van der Waals surface area contributed by atoms with Crippen molar-refractivity contribution in [1.82, 2.24) is 14.5 Å². The van der Waals surface area contributed by atoms with Gasteiger partial charge in [0.25, 0.3) is 0 Å². The van der Waals surface area contributed by atoms with Gasteiger partial charge in [-0.2, -0.15) is 0 Å². The zero-order chi connectivity index (χ0) is 11.8. The summed E-state index contributed by atoms with van der Waals surface area (Å²) in [6.45, 7) is 0. The van der Waals surface area contributed by atoms with Crippen molar-refractivity contribution in [2.75, 3.05) is 0 Å². The van der Waals surface area contributed by atoms with Crippen molar-refractivity contribution in [3.8, 4) is 11.4 Å². The molecule has 0 unspecified atom stereocenters. The minimum Gasteiger partial charge on any atom is -0.312 e. The van der Waals surface area contributed by atoms with Gasteiger partial charge in [0.05, 0.1) is 0 Å². The Morgan fingerprint density at radius 2 is 1.76 bits per heavy atom. The van der Waals surface area contributed by atoms with E-state index in [-0.39, 0.29) is 0 Å². The SMILES string of the molecule is Cn1c(-c2ccccc2)nc2ccc(Cl)nc21. The van der Waals surface area contributed by atoms with Crippen LogP contribution in [0, 0.1) is 0 Å².